The fourth-order valence-electron chi connectivity index (χ4n) is 5.25. The van der Waals surface area contributed by atoms with Crippen LogP contribution in [0.2, 0.25) is 0 Å². The van der Waals surface area contributed by atoms with Gasteiger partial charge in [0.05, 0.1) is 5.41 Å². The Bertz CT molecular complexity index is 1200. The van der Waals surface area contributed by atoms with Crippen LogP contribution in [0.4, 0.5) is 0 Å². The highest BCUT2D eigenvalue weighted by Gasteiger charge is 2.59. The SMILES string of the molecule is CN(C)C(=O)[C@]12CN(C(=O)c3ccccc3)C[C@H]1CN(C(=O)c1ccc3[nH]ccc3c1)C2. The summed E-state index contributed by atoms with van der Waals surface area (Å²) < 4.78 is 0. The van der Waals surface area contributed by atoms with Crippen LogP contribution in [0.15, 0.2) is 60.8 Å². The third-order valence-corrected chi connectivity index (χ3v) is 6.84. The second kappa shape index (κ2) is 7.51. The van der Waals surface area contributed by atoms with E-state index in [-0.39, 0.29) is 23.6 Å². The number of nitrogens with one attached hydrogen (secondary N) is 1. The maximum Gasteiger partial charge on any atom is 0.253 e. The quantitative estimate of drug-likeness (QED) is 0.694. The minimum absolute atomic E-state index is 0.0257. The second-order valence-corrected chi connectivity index (χ2v) is 9.07. The zero-order valence-electron chi connectivity index (χ0n) is 18.2. The van der Waals surface area contributed by atoms with E-state index in [9.17, 15) is 14.4 Å². The van der Waals surface area contributed by atoms with Crippen molar-refractivity contribution in [3.63, 3.8) is 0 Å². The lowest BCUT2D eigenvalue weighted by Crippen LogP contribution is -2.48. The summed E-state index contributed by atoms with van der Waals surface area (Å²) in [4.78, 5) is 48.0. The van der Waals surface area contributed by atoms with Crippen molar-refractivity contribution in [2.75, 3.05) is 40.3 Å². The van der Waals surface area contributed by atoms with E-state index in [0.29, 0.717) is 37.3 Å². The van der Waals surface area contributed by atoms with E-state index >= 15 is 0 Å². The largest absolute Gasteiger partial charge is 0.361 e. The van der Waals surface area contributed by atoms with Gasteiger partial charge in [0, 0.05) is 74.4 Å². The molecular formula is C25H26N4O3. The van der Waals surface area contributed by atoms with Gasteiger partial charge >= 0.3 is 0 Å². The first kappa shape index (κ1) is 20.3. The van der Waals surface area contributed by atoms with Gasteiger partial charge in [-0.1, -0.05) is 18.2 Å². The molecule has 2 atom stereocenters. The number of aromatic nitrogens is 1. The maximum atomic E-state index is 13.3. The summed E-state index contributed by atoms with van der Waals surface area (Å²) in [6.45, 7) is 1.57. The molecule has 2 saturated heterocycles. The number of amides is 3. The van der Waals surface area contributed by atoms with Crippen molar-refractivity contribution in [2.24, 2.45) is 11.3 Å². The molecule has 0 spiro atoms. The van der Waals surface area contributed by atoms with Crippen LogP contribution >= 0.6 is 0 Å². The minimum atomic E-state index is -0.776. The minimum Gasteiger partial charge on any atom is -0.361 e. The van der Waals surface area contributed by atoms with Crippen LogP contribution in [0.5, 0.6) is 0 Å². The number of nitrogens with zero attached hydrogens (tertiary/aromatic N) is 3. The number of hydrogen-bond donors (Lipinski definition) is 1. The average Bonchev–Trinajstić information content (AvgIpc) is 3.50. The number of hydrogen-bond acceptors (Lipinski definition) is 3. The first-order valence-electron chi connectivity index (χ1n) is 10.8. The van der Waals surface area contributed by atoms with Gasteiger partial charge in [-0.05, 0) is 36.4 Å². The van der Waals surface area contributed by atoms with Gasteiger partial charge in [-0.15, -0.1) is 0 Å². The summed E-state index contributed by atoms with van der Waals surface area (Å²) in [6, 6.07) is 16.7. The molecular weight excluding hydrogens is 404 g/mol. The second-order valence-electron chi connectivity index (χ2n) is 9.07. The van der Waals surface area contributed by atoms with Gasteiger partial charge in [0.1, 0.15) is 0 Å². The lowest BCUT2D eigenvalue weighted by molar-refractivity contribution is -0.139. The number of likely N-dealkylation sites (tertiary alicyclic amines) is 2. The standard InChI is InChI=1S/C25H26N4O3/c1-27(2)24(32)25-15-28(22(30)17-6-4-3-5-7-17)13-20(25)14-29(16-25)23(31)19-8-9-21-18(12-19)10-11-26-21/h3-12,20,26H,13-16H2,1-2H3/t20-,25-/m0/s1. The Morgan fingerprint density at radius 2 is 1.56 bits per heavy atom. The molecule has 5 rings (SSSR count). The van der Waals surface area contributed by atoms with E-state index in [1.807, 2.05) is 48.7 Å². The third-order valence-electron chi connectivity index (χ3n) is 6.84. The number of benzene rings is 2. The van der Waals surface area contributed by atoms with Crippen LogP contribution in [0.1, 0.15) is 20.7 Å². The number of carbonyl (C=O) groups is 3. The Hall–Kier alpha value is -3.61. The van der Waals surface area contributed by atoms with Crippen molar-refractivity contribution in [3.05, 3.63) is 71.9 Å². The van der Waals surface area contributed by atoms with Crippen molar-refractivity contribution in [2.45, 2.75) is 0 Å². The fraction of sp³-hybridized carbons (Fsp3) is 0.320. The predicted octanol–water partition coefficient (Wildman–Crippen LogP) is 2.47. The molecule has 2 aliphatic rings. The van der Waals surface area contributed by atoms with Gasteiger partial charge in [-0.3, -0.25) is 14.4 Å². The van der Waals surface area contributed by atoms with Crippen LogP contribution < -0.4 is 0 Å². The summed E-state index contributed by atoms with van der Waals surface area (Å²) in [7, 11) is 3.47. The van der Waals surface area contributed by atoms with Crippen LogP contribution in [0.25, 0.3) is 10.9 Å². The first-order chi connectivity index (χ1) is 15.4. The molecule has 3 heterocycles. The molecule has 3 aromatic rings. The Labute approximate surface area is 186 Å². The molecule has 7 nitrogen and oxygen atoms in total. The van der Waals surface area contributed by atoms with Crippen molar-refractivity contribution < 1.29 is 14.4 Å². The average molecular weight is 431 g/mol. The van der Waals surface area contributed by atoms with Crippen LogP contribution in [0, 0.1) is 11.3 Å². The molecule has 2 fully saturated rings. The molecule has 1 aromatic heterocycles. The van der Waals surface area contributed by atoms with Crippen LogP contribution in [0.3, 0.4) is 0 Å². The maximum absolute atomic E-state index is 13.3. The number of carbonyl (C=O) groups excluding carboxylic acids is 3. The summed E-state index contributed by atoms with van der Waals surface area (Å²) >= 11 is 0. The summed E-state index contributed by atoms with van der Waals surface area (Å²) in [6.07, 6.45) is 1.85. The van der Waals surface area contributed by atoms with E-state index in [1.165, 1.54) is 0 Å². The normalized spacial score (nSPS) is 22.2. The van der Waals surface area contributed by atoms with Crippen molar-refractivity contribution >= 4 is 28.6 Å². The molecule has 0 radical (unpaired) electrons. The topological polar surface area (TPSA) is 76.7 Å². The monoisotopic (exact) mass is 430 g/mol. The van der Waals surface area contributed by atoms with Gasteiger partial charge in [-0.2, -0.15) is 0 Å². The molecule has 2 aromatic carbocycles. The van der Waals surface area contributed by atoms with Crippen molar-refractivity contribution in [1.82, 2.24) is 19.7 Å². The first-order valence-corrected chi connectivity index (χ1v) is 10.8. The third kappa shape index (κ3) is 3.16. The number of fused-ring (bicyclic) bond motifs is 2. The van der Waals surface area contributed by atoms with Gasteiger partial charge < -0.3 is 19.7 Å². The van der Waals surface area contributed by atoms with Crippen molar-refractivity contribution in [1.29, 1.82) is 0 Å². The van der Waals surface area contributed by atoms with Gasteiger partial charge in [0.25, 0.3) is 11.8 Å². The number of aromatic amines is 1. The van der Waals surface area contributed by atoms with Gasteiger partial charge in [0.2, 0.25) is 5.91 Å². The van der Waals surface area contributed by atoms with Gasteiger partial charge in [0.15, 0.2) is 0 Å². The van der Waals surface area contributed by atoms with Crippen LogP contribution in [-0.2, 0) is 4.79 Å². The molecule has 164 valence electrons. The number of rotatable bonds is 3. The predicted molar refractivity (Wildman–Crippen MR) is 121 cm³/mol. The Morgan fingerprint density at radius 1 is 0.906 bits per heavy atom. The molecule has 2 aliphatic heterocycles. The highest BCUT2D eigenvalue weighted by Crippen LogP contribution is 2.44. The highest BCUT2D eigenvalue weighted by atomic mass is 16.2. The summed E-state index contributed by atoms with van der Waals surface area (Å²) in [5.41, 5.74) is 1.44. The molecule has 3 amide bonds. The molecule has 32 heavy (non-hydrogen) atoms. The van der Waals surface area contributed by atoms with E-state index in [1.54, 1.807) is 40.9 Å². The highest BCUT2D eigenvalue weighted by molar-refractivity contribution is 5.99. The lowest BCUT2D eigenvalue weighted by Gasteiger charge is -2.30. The smallest absolute Gasteiger partial charge is 0.253 e. The molecule has 0 bridgehead atoms. The summed E-state index contributed by atoms with van der Waals surface area (Å²) in [5, 5.41) is 0.981. The zero-order chi connectivity index (χ0) is 22.5. The molecule has 7 heteroatoms. The van der Waals surface area contributed by atoms with Crippen LogP contribution in [-0.4, -0.2) is 77.7 Å². The van der Waals surface area contributed by atoms with E-state index < -0.39 is 5.41 Å². The Kier molecular flexibility index (Phi) is 4.77. The molecule has 0 aliphatic carbocycles. The lowest BCUT2D eigenvalue weighted by atomic mass is 9.79. The fourth-order valence-corrected chi connectivity index (χ4v) is 5.25. The molecule has 0 unspecified atom stereocenters. The Morgan fingerprint density at radius 3 is 2.22 bits per heavy atom. The number of H-pyrrole nitrogens is 1. The van der Waals surface area contributed by atoms with Crippen molar-refractivity contribution in [3.8, 4) is 0 Å². The van der Waals surface area contributed by atoms with E-state index in [2.05, 4.69) is 4.98 Å². The molecule has 1 N–H and O–H groups in total. The van der Waals surface area contributed by atoms with E-state index in [0.717, 1.165) is 10.9 Å². The van der Waals surface area contributed by atoms with E-state index in [4.69, 9.17) is 0 Å². The summed E-state index contributed by atoms with van der Waals surface area (Å²) in [5.74, 6) is -0.261. The Balaban J connectivity index is 1.41. The molecule has 0 saturated carbocycles. The van der Waals surface area contributed by atoms with Gasteiger partial charge in [-0.25, -0.2) is 0 Å². The zero-order valence-corrected chi connectivity index (χ0v) is 18.2.